The summed E-state index contributed by atoms with van der Waals surface area (Å²) in [6.07, 6.45) is 1.03. The fourth-order valence-corrected chi connectivity index (χ4v) is 3.17. The van der Waals surface area contributed by atoms with Gasteiger partial charge >= 0.3 is 0 Å². The molecule has 0 aromatic heterocycles. The van der Waals surface area contributed by atoms with E-state index in [4.69, 9.17) is 5.26 Å². The van der Waals surface area contributed by atoms with Crippen LogP contribution >= 0.6 is 0 Å². The van der Waals surface area contributed by atoms with Crippen LogP contribution in [-0.2, 0) is 10.0 Å². The summed E-state index contributed by atoms with van der Waals surface area (Å²) in [7, 11) is -3.69. The molecular formula is C17H18N2O2S. The van der Waals surface area contributed by atoms with Crippen molar-refractivity contribution in [1.82, 2.24) is 0 Å². The highest BCUT2D eigenvalue weighted by molar-refractivity contribution is 7.92. The van der Waals surface area contributed by atoms with Crippen molar-refractivity contribution in [3.8, 4) is 6.07 Å². The first-order valence-corrected chi connectivity index (χ1v) is 8.57. The number of rotatable bonds is 5. The number of nitrogens with zero attached hydrogens (tertiary/aromatic N) is 1. The molecule has 0 heterocycles. The standard InChI is InChI=1S/C17H18N2O2S/c1-3-13(2)15-7-9-16(10-8-15)19-22(20,21)17-6-4-5-14(11-17)12-18/h4-11,13,19H,3H2,1-2H3/t13-/m1/s1. The van der Waals surface area contributed by atoms with Crippen LogP contribution < -0.4 is 4.72 Å². The number of nitriles is 1. The first kappa shape index (κ1) is 16.1. The predicted molar refractivity (Wildman–Crippen MR) is 87.1 cm³/mol. The van der Waals surface area contributed by atoms with Crippen LogP contribution in [0, 0.1) is 11.3 Å². The predicted octanol–water partition coefficient (Wildman–Crippen LogP) is 3.87. The van der Waals surface area contributed by atoms with Crippen LogP contribution in [0.15, 0.2) is 53.4 Å². The highest BCUT2D eigenvalue weighted by Gasteiger charge is 2.14. The summed E-state index contributed by atoms with van der Waals surface area (Å²) in [5, 5.41) is 8.86. The molecule has 0 aliphatic carbocycles. The summed E-state index contributed by atoms with van der Waals surface area (Å²) in [5.74, 6) is 0.443. The van der Waals surface area contributed by atoms with E-state index in [0.717, 1.165) is 6.42 Å². The smallest absolute Gasteiger partial charge is 0.261 e. The summed E-state index contributed by atoms with van der Waals surface area (Å²) in [5.41, 5.74) is 2.00. The lowest BCUT2D eigenvalue weighted by Gasteiger charge is -2.11. The van der Waals surface area contributed by atoms with Gasteiger partial charge in [0.1, 0.15) is 0 Å². The molecule has 0 aliphatic heterocycles. The maximum absolute atomic E-state index is 12.3. The van der Waals surface area contributed by atoms with Crippen molar-refractivity contribution in [2.75, 3.05) is 4.72 Å². The van der Waals surface area contributed by atoms with Gasteiger partial charge in [-0.25, -0.2) is 8.42 Å². The lowest BCUT2D eigenvalue weighted by molar-refractivity contribution is 0.601. The molecule has 1 N–H and O–H groups in total. The number of sulfonamides is 1. The SMILES string of the molecule is CC[C@@H](C)c1ccc(NS(=O)(=O)c2cccc(C#N)c2)cc1. The molecule has 0 bridgehead atoms. The number of nitrogens with one attached hydrogen (secondary N) is 1. The highest BCUT2D eigenvalue weighted by atomic mass is 32.2. The second-order valence-corrected chi connectivity index (χ2v) is 6.86. The van der Waals surface area contributed by atoms with Crippen LogP contribution in [0.5, 0.6) is 0 Å². The van der Waals surface area contributed by atoms with Crippen molar-refractivity contribution in [3.05, 3.63) is 59.7 Å². The monoisotopic (exact) mass is 314 g/mol. The number of hydrogen-bond donors (Lipinski definition) is 1. The molecule has 0 saturated carbocycles. The third-order valence-electron chi connectivity index (χ3n) is 3.62. The number of hydrogen-bond acceptors (Lipinski definition) is 3. The van der Waals surface area contributed by atoms with Crippen LogP contribution in [0.1, 0.15) is 37.3 Å². The minimum atomic E-state index is -3.69. The number of anilines is 1. The summed E-state index contributed by atoms with van der Waals surface area (Å²) < 4.78 is 27.2. The molecule has 0 spiro atoms. The molecule has 2 aromatic carbocycles. The van der Waals surface area contributed by atoms with E-state index in [1.165, 1.54) is 17.7 Å². The Morgan fingerprint density at radius 2 is 1.86 bits per heavy atom. The molecule has 0 fully saturated rings. The molecule has 114 valence electrons. The Bertz CT molecular complexity index is 790. The molecule has 1 atom stereocenters. The Labute approximate surface area is 131 Å². The van der Waals surface area contributed by atoms with Gasteiger partial charge in [-0.3, -0.25) is 4.72 Å². The quantitative estimate of drug-likeness (QED) is 0.910. The van der Waals surface area contributed by atoms with Crippen LogP contribution in [0.4, 0.5) is 5.69 Å². The van der Waals surface area contributed by atoms with E-state index in [-0.39, 0.29) is 4.90 Å². The van der Waals surface area contributed by atoms with E-state index in [1.54, 1.807) is 24.3 Å². The minimum Gasteiger partial charge on any atom is -0.280 e. The zero-order valence-electron chi connectivity index (χ0n) is 12.6. The first-order chi connectivity index (χ1) is 10.5. The van der Waals surface area contributed by atoms with E-state index < -0.39 is 10.0 Å². The summed E-state index contributed by atoms with van der Waals surface area (Å²) in [6, 6.07) is 15.3. The van der Waals surface area contributed by atoms with Gasteiger partial charge in [0.2, 0.25) is 0 Å². The van der Waals surface area contributed by atoms with E-state index >= 15 is 0 Å². The van der Waals surface area contributed by atoms with Crippen LogP contribution in [0.25, 0.3) is 0 Å². The van der Waals surface area contributed by atoms with Gasteiger partial charge in [-0.1, -0.05) is 32.0 Å². The molecule has 0 aliphatic rings. The van der Waals surface area contributed by atoms with E-state index in [9.17, 15) is 8.42 Å². The fraction of sp³-hybridized carbons (Fsp3) is 0.235. The molecule has 0 radical (unpaired) electrons. The Hall–Kier alpha value is -2.32. The van der Waals surface area contributed by atoms with Crippen molar-refractivity contribution < 1.29 is 8.42 Å². The normalized spacial score (nSPS) is 12.4. The Kier molecular flexibility index (Phi) is 4.84. The van der Waals surface area contributed by atoms with Crippen LogP contribution in [0.2, 0.25) is 0 Å². The van der Waals surface area contributed by atoms with Gasteiger partial charge in [0, 0.05) is 5.69 Å². The second-order valence-electron chi connectivity index (χ2n) is 5.18. The fourth-order valence-electron chi connectivity index (χ4n) is 2.06. The highest BCUT2D eigenvalue weighted by Crippen LogP contribution is 2.22. The Balaban J connectivity index is 2.23. The average molecular weight is 314 g/mol. The van der Waals surface area contributed by atoms with Gasteiger partial charge in [0.15, 0.2) is 0 Å². The zero-order valence-corrected chi connectivity index (χ0v) is 13.4. The Morgan fingerprint density at radius 1 is 1.18 bits per heavy atom. The van der Waals surface area contributed by atoms with Crippen molar-refractivity contribution in [2.24, 2.45) is 0 Å². The van der Waals surface area contributed by atoms with E-state index in [2.05, 4.69) is 18.6 Å². The van der Waals surface area contributed by atoms with Gasteiger partial charge in [-0.2, -0.15) is 5.26 Å². The van der Waals surface area contributed by atoms with Crippen LogP contribution in [-0.4, -0.2) is 8.42 Å². The summed E-state index contributed by atoms with van der Waals surface area (Å²) in [4.78, 5) is 0.0811. The summed E-state index contributed by atoms with van der Waals surface area (Å²) >= 11 is 0. The molecular weight excluding hydrogens is 296 g/mol. The molecule has 0 saturated heterocycles. The number of benzene rings is 2. The zero-order chi connectivity index (χ0) is 16.2. The lowest BCUT2D eigenvalue weighted by Crippen LogP contribution is -2.13. The molecule has 0 unspecified atom stereocenters. The van der Waals surface area contributed by atoms with Crippen molar-refractivity contribution >= 4 is 15.7 Å². The molecule has 2 aromatic rings. The average Bonchev–Trinajstić information content (AvgIpc) is 2.54. The molecule has 22 heavy (non-hydrogen) atoms. The minimum absolute atomic E-state index is 0.0811. The van der Waals surface area contributed by atoms with Gasteiger partial charge < -0.3 is 0 Å². The van der Waals surface area contributed by atoms with Gasteiger partial charge in [-0.15, -0.1) is 0 Å². The maximum Gasteiger partial charge on any atom is 0.261 e. The molecule has 2 rings (SSSR count). The largest absolute Gasteiger partial charge is 0.280 e. The first-order valence-electron chi connectivity index (χ1n) is 7.09. The Morgan fingerprint density at radius 3 is 2.45 bits per heavy atom. The van der Waals surface area contributed by atoms with Crippen molar-refractivity contribution in [1.29, 1.82) is 5.26 Å². The van der Waals surface area contributed by atoms with E-state index in [1.807, 2.05) is 18.2 Å². The van der Waals surface area contributed by atoms with Crippen molar-refractivity contribution in [3.63, 3.8) is 0 Å². The van der Waals surface area contributed by atoms with Gasteiger partial charge in [0.05, 0.1) is 16.5 Å². The lowest BCUT2D eigenvalue weighted by atomic mass is 9.99. The van der Waals surface area contributed by atoms with Crippen LogP contribution in [0.3, 0.4) is 0 Å². The van der Waals surface area contributed by atoms with Gasteiger partial charge in [0.25, 0.3) is 10.0 Å². The second kappa shape index (κ2) is 6.63. The van der Waals surface area contributed by atoms with Crippen molar-refractivity contribution in [2.45, 2.75) is 31.1 Å². The maximum atomic E-state index is 12.3. The molecule has 5 heteroatoms. The van der Waals surface area contributed by atoms with Gasteiger partial charge in [-0.05, 0) is 48.2 Å². The topological polar surface area (TPSA) is 70.0 Å². The third kappa shape index (κ3) is 3.66. The molecule has 0 amide bonds. The summed E-state index contributed by atoms with van der Waals surface area (Å²) in [6.45, 7) is 4.25. The van der Waals surface area contributed by atoms with E-state index in [0.29, 0.717) is 17.2 Å². The third-order valence-corrected chi connectivity index (χ3v) is 5.00. The molecule has 4 nitrogen and oxygen atoms in total.